The van der Waals surface area contributed by atoms with Gasteiger partial charge < -0.3 is 16.0 Å². The molecule has 22 heavy (non-hydrogen) atoms. The van der Waals surface area contributed by atoms with E-state index < -0.39 is 5.54 Å². The van der Waals surface area contributed by atoms with E-state index in [0.29, 0.717) is 24.9 Å². The van der Waals surface area contributed by atoms with Crippen LogP contribution in [0.15, 0.2) is 24.3 Å². The molecule has 0 aliphatic rings. The number of benzene rings is 1. The largest absolute Gasteiger partial charge is 0.354 e. The van der Waals surface area contributed by atoms with Gasteiger partial charge in [0.1, 0.15) is 0 Å². The fraction of sp³-hybridized carbons (Fsp3) is 0.529. The zero-order valence-electron chi connectivity index (χ0n) is 14.0. The van der Waals surface area contributed by atoms with Crippen LogP contribution in [0.3, 0.4) is 0 Å². The molecule has 122 valence electrons. The number of nitrogens with zero attached hydrogens (tertiary/aromatic N) is 1. The Morgan fingerprint density at radius 3 is 2.59 bits per heavy atom. The van der Waals surface area contributed by atoms with Crippen molar-refractivity contribution in [1.29, 1.82) is 0 Å². The SMILES string of the molecule is CCCC(C)(N)C(=O)NCCc1cccc(C(=O)N(C)C)c1. The van der Waals surface area contributed by atoms with E-state index >= 15 is 0 Å². The molecule has 1 atom stereocenters. The Hall–Kier alpha value is -1.88. The summed E-state index contributed by atoms with van der Waals surface area (Å²) >= 11 is 0. The second kappa shape index (κ2) is 7.94. The first kappa shape index (κ1) is 18.2. The topological polar surface area (TPSA) is 75.4 Å². The van der Waals surface area contributed by atoms with Crippen molar-refractivity contribution in [1.82, 2.24) is 10.2 Å². The van der Waals surface area contributed by atoms with E-state index in [-0.39, 0.29) is 11.8 Å². The minimum atomic E-state index is -0.822. The number of hydrogen-bond acceptors (Lipinski definition) is 3. The molecule has 0 fully saturated rings. The van der Waals surface area contributed by atoms with E-state index in [2.05, 4.69) is 5.32 Å². The first-order valence-corrected chi connectivity index (χ1v) is 7.65. The van der Waals surface area contributed by atoms with Crippen molar-refractivity contribution < 1.29 is 9.59 Å². The Balaban J connectivity index is 2.57. The molecule has 0 spiro atoms. The van der Waals surface area contributed by atoms with Crippen molar-refractivity contribution in [2.45, 2.75) is 38.6 Å². The summed E-state index contributed by atoms with van der Waals surface area (Å²) in [7, 11) is 3.45. The number of nitrogens with two attached hydrogens (primary N) is 1. The molecule has 0 bridgehead atoms. The van der Waals surface area contributed by atoms with Crippen LogP contribution in [0.4, 0.5) is 0 Å². The molecule has 1 aromatic rings. The summed E-state index contributed by atoms with van der Waals surface area (Å²) < 4.78 is 0. The van der Waals surface area contributed by atoms with Crippen LogP contribution < -0.4 is 11.1 Å². The van der Waals surface area contributed by atoms with E-state index in [4.69, 9.17) is 5.73 Å². The lowest BCUT2D eigenvalue weighted by Crippen LogP contribution is -2.51. The van der Waals surface area contributed by atoms with Gasteiger partial charge in [-0.1, -0.05) is 25.5 Å². The molecule has 5 nitrogen and oxygen atoms in total. The fourth-order valence-electron chi connectivity index (χ4n) is 2.27. The fourth-order valence-corrected chi connectivity index (χ4v) is 2.27. The smallest absolute Gasteiger partial charge is 0.253 e. The lowest BCUT2D eigenvalue weighted by Gasteiger charge is -2.22. The van der Waals surface area contributed by atoms with Crippen LogP contribution in [0, 0.1) is 0 Å². The van der Waals surface area contributed by atoms with Gasteiger partial charge in [-0.2, -0.15) is 0 Å². The molecule has 3 N–H and O–H groups in total. The molecule has 1 rings (SSSR count). The van der Waals surface area contributed by atoms with Crippen LogP contribution in [0.1, 0.15) is 42.6 Å². The van der Waals surface area contributed by atoms with E-state index in [9.17, 15) is 9.59 Å². The van der Waals surface area contributed by atoms with Gasteiger partial charge in [0, 0.05) is 26.2 Å². The highest BCUT2D eigenvalue weighted by Crippen LogP contribution is 2.10. The summed E-state index contributed by atoms with van der Waals surface area (Å²) in [6, 6.07) is 7.47. The third-order valence-corrected chi connectivity index (χ3v) is 3.57. The maximum Gasteiger partial charge on any atom is 0.253 e. The summed E-state index contributed by atoms with van der Waals surface area (Å²) in [6.07, 6.45) is 2.20. The molecule has 0 saturated carbocycles. The lowest BCUT2D eigenvalue weighted by atomic mass is 9.96. The van der Waals surface area contributed by atoms with E-state index in [0.717, 1.165) is 12.0 Å². The summed E-state index contributed by atoms with van der Waals surface area (Å²) in [5.74, 6) is -0.154. The summed E-state index contributed by atoms with van der Waals surface area (Å²) in [4.78, 5) is 25.5. The molecule has 1 aromatic carbocycles. The summed E-state index contributed by atoms with van der Waals surface area (Å²) in [5, 5.41) is 2.87. The van der Waals surface area contributed by atoms with Crippen LogP contribution in [-0.2, 0) is 11.2 Å². The number of amides is 2. The van der Waals surface area contributed by atoms with Crippen LogP contribution in [-0.4, -0.2) is 42.9 Å². The quantitative estimate of drug-likeness (QED) is 0.803. The zero-order valence-corrected chi connectivity index (χ0v) is 14.0. The molecule has 0 radical (unpaired) electrons. The maximum absolute atomic E-state index is 12.0. The molecular weight excluding hydrogens is 278 g/mol. The molecule has 5 heteroatoms. The van der Waals surface area contributed by atoms with Crippen LogP contribution in [0.5, 0.6) is 0 Å². The Labute approximate surface area is 132 Å². The predicted molar refractivity (Wildman–Crippen MR) is 88.7 cm³/mol. The van der Waals surface area contributed by atoms with Crippen LogP contribution in [0.25, 0.3) is 0 Å². The monoisotopic (exact) mass is 305 g/mol. The lowest BCUT2D eigenvalue weighted by molar-refractivity contribution is -0.126. The molecule has 1 unspecified atom stereocenters. The van der Waals surface area contributed by atoms with Crippen molar-refractivity contribution in [3.63, 3.8) is 0 Å². The van der Waals surface area contributed by atoms with Gasteiger partial charge in [0.2, 0.25) is 5.91 Å². The van der Waals surface area contributed by atoms with Crippen molar-refractivity contribution in [3.8, 4) is 0 Å². The molecule has 0 saturated heterocycles. The third-order valence-electron chi connectivity index (χ3n) is 3.57. The molecule has 0 aliphatic heterocycles. The van der Waals surface area contributed by atoms with E-state index in [1.807, 2.05) is 25.1 Å². The maximum atomic E-state index is 12.0. The highest BCUT2D eigenvalue weighted by molar-refractivity contribution is 5.94. The summed E-state index contributed by atoms with van der Waals surface area (Å²) in [6.45, 7) is 4.27. The first-order chi connectivity index (χ1) is 10.3. The van der Waals surface area contributed by atoms with Gasteiger partial charge >= 0.3 is 0 Å². The van der Waals surface area contributed by atoms with Crippen molar-refractivity contribution in [2.24, 2.45) is 5.73 Å². The number of nitrogens with one attached hydrogen (secondary N) is 1. The van der Waals surface area contributed by atoms with Crippen molar-refractivity contribution >= 4 is 11.8 Å². The second-order valence-electron chi connectivity index (χ2n) is 6.07. The molecule has 0 aromatic heterocycles. The number of carbonyl (C=O) groups is 2. The van der Waals surface area contributed by atoms with Crippen molar-refractivity contribution in [2.75, 3.05) is 20.6 Å². The average Bonchev–Trinajstić information content (AvgIpc) is 2.46. The highest BCUT2D eigenvalue weighted by Gasteiger charge is 2.26. The minimum Gasteiger partial charge on any atom is -0.354 e. The number of carbonyl (C=O) groups excluding carboxylic acids is 2. The van der Waals surface area contributed by atoms with Gasteiger partial charge in [0.15, 0.2) is 0 Å². The van der Waals surface area contributed by atoms with Gasteiger partial charge in [-0.3, -0.25) is 9.59 Å². The zero-order chi connectivity index (χ0) is 16.8. The van der Waals surface area contributed by atoms with Crippen molar-refractivity contribution in [3.05, 3.63) is 35.4 Å². The third kappa shape index (κ3) is 5.15. The van der Waals surface area contributed by atoms with Gasteiger partial charge in [-0.25, -0.2) is 0 Å². The second-order valence-corrected chi connectivity index (χ2v) is 6.07. The normalized spacial score (nSPS) is 13.3. The van der Waals surface area contributed by atoms with Gasteiger partial charge in [-0.15, -0.1) is 0 Å². The van der Waals surface area contributed by atoms with E-state index in [1.54, 1.807) is 32.0 Å². The molecule has 2 amide bonds. The van der Waals surface area contributed by atoms with Gasteiger partial charge in [0.05, 0.1) is 5.54 Å². The Bertz CT molecular complexity index is 524. The first-order valence-electron chi connectivity index (χ1n) is 7.65. The molecule has 0 heterocycles. The number of hydrogen-bond donors (Lipinski definition) is 2. The Kier molecular flexibility index (Phi) is 6.56. The average molecular weight is 305 g/mol. The number of rotatable bonds is 7. The predicted octanol–water partition coefficient (Wildman–Crippen LogP) is 1.56. The van der Waals surface area contributed by atoms with Crippen LogP contribution in [0.2, 0.25) is 0 Å². The van der Waals surface area contributed by atoms with Gasteiger partial charge in [0.25, 0.3) is 5.91 Å². The standard InChI is InChI=1S/C17H27N3O2/c1-5-10-17(2,18)16(22)19-11-9-13-7-6-8-14(12-13)15(21)20(3)4/h6-8,12H,5,9-11,18H2,1-4H3,(H,19,22). The highest BCUT2D eigenvalue weighted by atomic mass is 16.2. The van der Waals surface area contributed by atoms with Gasteiger partial charge in [-0.05, 0) is 37.5 Å². The minimum absolute atomic E-state index is 0.0247. The Morgan fingerprint density at radius 1 is 1.32 bits per heavy atom. The molecule has 0 aliphatic carbocycles. The van der Waals surface area contributed by atoms with Crippen LogP contribution >= 0.6 is 0 Å². The Morgan fingerprint density at radius 2 is 2.00 bits per heavy atom. The van der Waals surface area contributed by atoms with E-state index in [1.165, 1.54) is 0 Å². The molecular formula is C17H27N3O2. The summed E-state index contributed by atoms with van der Waals surface area (Å²) in [5.41, 5.74) is 6.84.